The van der Waals surface area contributed by atoms with Crippen LogP contribution in [-0.2, 0) is 14.4 Å². The Morgan fingerprint density at radius 2 is 1.90 bits per heavy atom. The van der Waals surface area contributed by atoms with Crippen LogP contribution in [0, 0.1) is 11.8 Å². The van der Waals surface area contributed by atoms with Crippen molar-refractivity contribution >= 4 is 11.9 Å². The number of carbonyl (C=O) groups is 2. The maximum absolute atomic E-state index is 12.0. The van der Waals surface area contributed by atoms with Crippen molar-refractivity contribution in [3.63, 3.8) is 0 Å². The minimum absolute atomic E-state index is 0.0383. The monoisotopic (exact) mass is 281 g/mol. The van der Waals surface area contributed by atoms with Gasteiger partial charge in [-0.05, 0) is 44.9 Å². The second-order valence-electron chi connectivity index (χ2n) is 5.54. The van der Waals surface area contributed by atoms with E-state index in [1.54, 1.807) is 0 Å². The van der Waals surface area contributed by atoms with E-state index in [0.29, 0.717) is 12.8 Å². The smallest absolute Gasteiger partial charge is 0.335 e. The standard InChI is InChI=1S/C16H27NO3/c1-4-6-7-8-15(18)17(3)20-16(19)14-11-9-13(5-2)10-12-14/h4,6,13-14H,5,7-12H2,1-3H3. The molecule has 20 heavy (non-hydrogen) atoms. The Balaban J connectivity index is 2.32. The summed E-state index contributed by atoms with van der Waals surface area (Å²) in [6.07, 6.45) is 10.0. The summed E-state index contributed by atoms with van der Waals surface area (Å²) in [4.78, 5) is 28.9. The molecule has 0 unspecified atom stereocenters. The van der Waals surface area contributed by atoms with E-state index in [1.807, 2.05) is 19.1 Å². The molecule has 0 N–H and O–H groups in total. The lowest BCUT2D eigenvalue weighted by atomic mass is 9.81. The summed E-state index contributed by atoms with van der Waals surface area (Å²) in [5, 5.41) is 1.09. The highest BCUT2D eigenvalue weighted by molar-refractivity contribution is 5.78. The first-order chi connectivity index (χ1) is 9.58. The van der Waals surface area contributed by atoms with Gasteiger partial charge in [0, 0.05) is 13.5 Å². The van der Waals surface area contributed by atoms with Gasteiger partial charge in [-0.3, -0.25) is 4.79 Å². The van der Waals surface area contributed by atoms with E-state index in [2.05, 4.69) is 6.92 Å². The van der Waals surface area contributed by atoms with Crippen molar-refractivity contribution in [1.82, 2.24) is 5.06 Å². The number of nitrogens with zero attached hydrogens (tertiary/aromatic N) is 1. The van der Waals surface area contributed by atoms with Gasteiger partial charge < -0.3 is 4.84 Å². The van der Waals surface area contributed by atoms with Gasteiger partial charge in [0.1, 0.15) is 0 Å². The lowest BCUT2D eigenvalue weighted by Gasteiger charge is -2.27. The zero-order chi connectivity index (χ0) is 15.0. The van der Waals surface area contributed by atoms with Gasteiger partial charge in [0.2, 0.25) is 0 Å². The quantitative estimate of drug-likeness (QED) is 0.572. The largest absolute Gasteiger partial charge is 0.338 e. The van der Waals surface area contributed by atoms with Crippen molar-refractivity contribution in [3.05, 3.63) is 12.2 Å². The van der Waals surface area contributed by atoms with Crippen molar-refractivity contribution in [3.8, 4) is 0 Å². The molecule has 0 aromatic rings. The maximum atomic E-state index is 12.0. The molecular formula is C16H27NO3. The summed E-state index contributed by atoms with van der Waals surface area (Å²) in [5.41, 5.74) is 0. The third kappa shape index (κ3) is 5.35. The maximum Gasteiger partial charge on any atom is 0.335 e. The van der Waals surface area contributed by atoms with Crippen LogP contribution in [0.3, 0.4) is 0 Å². The van der Waals surface area contributed by atoms with E-state index in [1.165, 1.54) is 13.5 Å². The van der Waals surface area contributed by atoms with E-state index in [-0.39, 0.29) is 17.8 Å². The van der Waals surface area contributed by atoms with Crippen LogP contribution in [0.2, 0.25) is 0 Å². The molecule has 0 saturated heterocycles. The second-order valence-corrected chi connectivity index (χ2v) is 5.54. The lowest BCUT2D eigenvalue weighted by Crippen LogP contribution is -2.33. The van der Waals surface area contributed by atoms with Crippen LogP contribution in [0.5, 0.6) is 0 Å². The Morgan fingerprint density at radius 3 is 2.45 bits per heavy atom. The zero-order valence-electron chi connectivity index (χ0n) is 12.9. The van der Waals surface area contributed by atoms with Gasteiger partial charge in [-0.2, -0.15) is 5.06 Å². The van der Waals surface area contributed by atoms with E-state index in [9.17, 15) is 9.59 Å². The first-order valence-electron chi connectivity index (χ1n) is 7.68. The topological polar surface area (TPSA) is 46.6 Å². The molecule has 0 heterocycles. The molecule has 1 aliphatic rings. The fourth-order valence-electron chi connectivity index (χ4n) is 2.60. The Morgan fingerprint density at radius 1 is 1.25 bits per heavy atom. The molecular weight excluding hydrogens is 254 g/mol. The van der Waals surface area contributed by atoms with Crippen molar-refractivity contribution in [2.24, 2.45) is 11.8 Å². The molecule has 0 aromatic heterocycles. The number of allylic oxidation sites excluding steroid dienone is 2. The highest BCUT2D eigenvalue weighted by Crippen LogP contribution is 2.31. The molecule has 4 nitrogen and oxygen atoms in total. The molecule has 0 atom stereocenters. The molecule has 0 aliphatic heterocycles. The average molecular weight is 281 g/mol. The van der Waals surface area contributed by atoms with E-state index in [0.717, 1.165) is 36.7 Å². The third-order valence-corrected chi connectivity index (χ3v) is 4.10. The molecule has 0 radical (unpaired) electrons. The van der Waals surface area contributed by atoms with Gasteiger partial charge in [-0.15, -0.1) is 0 Å². The van der Waals surface area contributed by atoms with Crippen molar-refractivity contribution < 1.29 is 14.4 Å². The third-order valence-electron chi connectivity index (χ3n) is 4.10. The summed E-state index contributed by atoms with van der Waals surface area (Å²) in [6.45, 7) is 4.11. The molecule has 0 aromatic carbocycles. The van der Waals surface area contributed by atoms with Gasteiger partial charge >= 0.3 is 5.97 Å². The predicted molar refractivity (Wildman–Crippen MR) is 78.6 cm³/mol. The lowest BCUT2D eigenvalue weighted by molar-refractivity contribution is -0.197. The first-order valence-corrected chi connectivity index (χ1v) is 7.68. The number of hydroxylamine groups is 2. The summed E-state index contributed by atoms with van der Waals surface area (Å²) in [6, 6.07) is 0. The number of amides is 1. The van der Waals surface area contributed by atoms with E-state index in [4.69, 9.17) is 4.84 Å². The minimum Gasteiger partial charge on any atom is -0.338 e. The molecule has 1 amide bonds. The summed E-state index contributed by atoms with van der Waals surface area (Å²) in [5.74, 6) is 0.308. The van der Waals surface area contributed by atoms with Crippen molar-refractivity contribution in [2.45, 2.75) is 58.8 Å². The van der Waals surface area contributed by atoms with Crippen LogP contribution in [0.15, 0.2) is 12.2 Å². The zero-order valence-corrected chi connectivity index (χ0v) is 12.9. The van der Waals surface area contributed by atoms with Crippen LogP contribution < -0.4 is 0 Å². The fourth-order valence-corrected chi connectivity index (χ4v) is 2.60. The van der Waals surface area contributed by atoms with Gasteiger partial charge in [-0.25, -0.2) is 4.79 Å². The molecule has 1 aliphatic carbocycles. The van der Waals surface area contributed by atoms with Crippen molar-refractivity contribution in [2.75, 3.05) is 7.05 Å². The van der Waals surface area contributed by atoms with Gasteiger partial charge in [-0.1, -0.05) is 25.5 Å². The Labute approximate surface area is 122 Å². The van der Waals surface area contributed by atoms with Crippen LogP contribution >= 0.6 is 0 Å². The molecule has 0 bridgehead atoms. The highest BCUT2D eigenvalue weighted by atomic mass is 16.7. The van der Waals surface area contributed by atoms with Crippen LogP contribution in [-0.4, -0.2) is 24.0 Å². The molecule has 4 heteroatoms. The number of carbonyl (C=O) groups excluding carboxylic acids is 2. The molecule has 1 fully saturated rings. The minimum atomic E-state index is -0.249. The molecule has 1 rings (SSSR count). The summed E-state index contributed by atoms with van der Waals surface area (Å²) in [7, 11) is 1.52. The average Bonchev–Trinajstić information content (AvgIpc) is 2.47. The van der Waals surface area contributed by atoms with Crippen LogP contribution in [0.4, 0.5) is 0 Å². The predicted octanol–water partition coefficient (Wildman–Crippen LogP) is 3.48. The number of hydrogen-bond acceptors (Lipinski definition) is 3. The number of hydrogen-bond donors (Lipinski definition) is 0. The van der Waals surface area contributed by atoms with Gasteiger partial charge in [0.05, 0.1) is 5.92 Å². The molecule has 0 spiro atoms. The summed E-state index contributed by atoms with van der Waals surface area (Å²) < 4.78 is 0. The Kier molecular flexibility index (Phi) is 7.34. The molecule has 114 valence electrons. The SMILES string of the molecule is CC=CCCC(=O)N(C)OC(=O)C1CCC(CC)CC1. The normalized spacial score (nSPS) is 22.8. The molecule has 1 saturated carbocycles. The highest BCUT2D eigenvalue weighted by Gasteiger charge is 2.28. The van der Waals surface area contributed by atoms with Crippen molar-refractivity contribution in [1.29, 1.82) is 0 Å². The van der Waals surface area contributed by atoms with E-state index >= 15 is 0 Å². The first kappa shape index (κ1) is 16.7. The van der Waals surface area contributed by atoms with E-state index < -0.39 is 0 Å². The van der Waals surface area contributed by atoms with Gasteiger partial charge in [0.25, 0.3) is 5.91 Å². The Bertz CT molecular complexity index is 344. The van der Waals surface area contributed by atoms with Gasteiger partial charge in [0.15, 0.2) is 0 Å². The fraction of sp³-hybridized carbons (Fsp3) is 0.750. The summed E-state index contributed by atoms with van der Waals surface area (Å²) >= 11 is 0. The Hall–Kier alpha value is -1.32. The number of rotatable bonds is 5. The van der Waals surface area contributed by atoms with Crippen LogP contribution in [0.25, 0.3) is 0 Å². The second kappa shape index (κ2) is 8.77. The van der Waals surface area contributed by atoms with Crippen LogP contribution in [0.1, 0.15) is 58.8 Å².